The zero-order chi connectivity index (χ0) is 13.3. The second-order valence-electron chi connectivity index (χ2n) is 4.58. The molecule has 2 N–H and O–H groups in total. The molecule has 0 aliphatic rings. The first-order valence-electron chi connectivity index (χ1n) is 5.84. The van der Waals surface area contributed by atoms with E-state index in [1.54, 1.807) is 11.0 Å². The second kappa shape index (κ2) is 5.20. The maximum atomic E-state index is 6.25. The molecule has 0 radical (unpaired) electrons. The van der Waals surface area contributed by atoms with Crippen LogP contribution in [0.2, 0.25) is 0 Å². The Hall–Kier alpha value is -1.20. The van der Waals surface area contributed by atoms with Crippen molar-refractivity contribution in [3.05, 3.63) is 45.4 Å². The van der Waals surface area contributed by atoms with Gasteiger partial charge in [0.2, 0.25) is 0 Å². The van der Waals surface area contributed by atoms with Gasteiger partial charge in [-0.15, -0.1) is 0 Å². The smallest absolute Gasteiger partial charge is 0.138 e. The predicted octanol–water partition coefficient (Wildman–Crippen LogP) is 2.44. The van der Waals surface area contributed by atoms with Crippen LogP contribution in [0.4, 0.5) is 0 Å². The van der Waals surface area contributed by atoms with Gasteiger partial charge in [-0.25, -0.2) is 4.98 Å². The van der Waals surface area contributed by atoms with Crippen molar-refractivity contribution < 1.29 is 0 Å². The SMILES string of the molecule is Cc1cc(C(N)Cc2ncnn2C)cc(C)c1Br. The monoisotopic (exact) mass is 308 g/mol. The van der Waals surface area contributed by atoms with Crippen LogP contribution in [0.3, 0.4) is 0 Å². The highest BCUT2D eigenvalue weighted by molar-refractivity contribution is 9.10. The quantitative estimate of drug-likeness (QED) is 0.947. The van der Waals surface area contributed by atoms with Gasteiger partial charge >= 0.3 is 0 Å². The van der Waals surface area contributed by atoms with Crippen LogP contribution < -0.4 is 5.73 Å². The van der Waals surface area contributed by atoms with Gasteiger partial charge in [-0.3, -0.25) is 4.68 Å². The van der Waals surface area contributed by atoms with Crippen molar-refractivity contribution in [2.24, 2.45) is 12.8 Å². The van der Waals surface area contributed by atoms with Crippen molar-refractivity contribution in [2.45, 2.75) is 26.3 Å². The Balaban J connectivity index is 2.24. The van der Waals surface area contributed by atoms with Crippen LogP contribution in [0.1, 0.15) is 28.6 Å². The molecule has 0 fully saturated rings. The molecule has 1 heterocycles. The Morgan fingerprint density at radius 3 is 2.44 bits per heavy atom. The first kappa shape index (κ1) is 13.2. The van der Waals surface area contributed by atoms with Crippen molar-refractivity contribution in [2.75, 3.05) is 0 Å². The average Bonchev–Trinajstić information content (AvgIpc) is 2.71. The molecule has 2 rings (SSSR count). The molecule has 1 aromatic heterocycles. The van der Waals surface area contributed by atoms with Gasteiger partial charge in [0.05, 0.1) is 0 Å². The molecule has 96 valence electrons. The average molecular weight is 309 g/mol. The van der Waals surface area contributed by atoms with E-state index in [9.17, 15) is 0 Å². The third kappa shape index (κ3) is 2.62. The topological polar surface area (TPSA) is 56.7 Å². The van der Waals surface area contributed by atoms with Crippen molar-refractivity contribution >= 4 is 15.9 Å². The molecule has 0 bridgehead atoms. The normalized spacial score (nSPS) is 12.7. The number of benzene rings is 1. The molecule has 0 aliphatic heterocycles. The van der Waals surface area contributed by atoms with Crippen LogP contribution in [-0.4, -0.2) is 14.8 Å². The summed E-state index contributed by atoms with van der Waals surface area (Å²) in [7, 11) is 1.88. The standard InChI is InChI=1S/C13H17BrN4/c1-8-4-10(5-9(2)13(8)14)11(15)6-12-16-7-17-18(12)3/h4-5,7,11H,6,15H2,1-3H3. The van der Waals surface area contributed by atoms with Gasteiger partial charge < -0.3 is 5.73 Å². The summed E-state index contributed by atoms with van der Waals surface area (Å²) in [6.07, 6.45) is 2.25. The minimum atomic E-state index is -0.0570. The summed E-state index contributed by atoms with van der Waals surface area (Å²) < 4.78 is 2.91. The van der Waals surface area contributed by atoms with Crippen molar-refractivity contribution in [3.8, 4) is 0 Å². The van der Waals surface area contributed by atoms with Crippen LogP contribution in [0, 0.1) is 13.8 Å². The van der Waals surface area contributed by atoms with Gasteiger partial charge in [0.1, 0.15) is 12.2 Å². The Morgan fingerprint density at radius 1 is 1.33 bits per heavy atom. The van der Waals surface area contributed by atoms with Crippen molar-refractivity contribution in [1.29, 1.82) is 0 Å². The number of halogens is 1. The zero-order valence-corrected chi connectivity index (χ0v) is 12.4. The van der Waals surface area contributed by atoms with Gasteiger partial charge in [0.25, 0.3) is 0 Å². The van der Waals surface area contributed by atoms with Gasteiger partial charge in [0.15, 0.2) is 0 Å². The summed E-state index contributed by atoms with van der Waals surface area (Å²) in [4.78, 5) is 4.21. The molecule has 0 aliphatic carbocycles. The summed E-state index contributed by atoms with van der Waals surface area (Å²) in [5.41, 5.74) is 9.80. The molecule has 4 nitrogen and oxygen atoms in total. The third-order valence-corrected chi connectivity index (χ3v) is 4.35. The van der Waals surface area contributed by atoms with Crippen LogP contribution in [-0.2, 0) is 13.5 Å². The summed E-state index contributed by atoms with van der Waals surface area (Å²) in [6, 6.07) is 4.19. The number of hydrogen-bond acceptors (Lipinski definition) is 3. The molecular formula is C13H17BrN4. The fourth-order valence-corrected chi connectivity index (χ4v) is 2.24. The van der Waals surface area contributed by atoms with Crippen molar-refractivity contribution in [3.63, 3.8) is 0 Å². The van der Waals surface area contributed by atoms with E-state index in [-0.39, 0.29) is 6.04 Å². The number of nitrogens with zero attached hydrogens (tertiary/aromatic N) is 3. The summed E-state index contributed by atoms with van der Waals surface area (Å²) in [6.45, 7) is 4.16. The van der Waals surface area contributed by atoms with Crippen LogP contribution >= 0.6 is 15.9 Å². The zero-order valence-electron chi connectivity index (χ0n) is 10.8. The minimum absolute atomic E-state index is 0.0570. The van der Waals surface area contributed by atoms with Gasteiger partial charge in [-0.2, -0.15) is 5.10 Å². The van der Waals surface area contributed by atoms with Crippen LogP contribution in [0.25, 0.3) is 0 Å². The highest BCUT2D eigenvalue weighted by Gasteiger charge is 2.12. The fourth-order valence-electron chi connectivity index (χ4n) is 2.01. The molecule has 5 heteroatoms. The Morgan fingerprint density at radius 2 is 1.94 bits per heavy atom. The molecule has 0 saturated heterocycles. The molecule has 1 aromatic carbocycles. The van der Waals surface area contributed by atoms with E-state index < -0.39 is 0 Å². The summed E-state index contributed by atoms with van der Waals surface area (Å²) in [5, 5.41) is 4.06. The summed E-state index contributed by atoms with van der Waals surface area (Å²) in [5.74, 6) is 0.903. The number of aryl methyl sites for hydroxylation is 3. The number of hydrogen-bond donors (Lipinski definition) is 1. The Bertz CT molecular complexity index is 539. The van der Waals surface area contributed by atoms with E-state index >= 15 is 0 Å². The maximum absolute atomic E-state index is 6.25. The Kier molecular flexibility index (Phi) is 3.82. The molecule has 0 amide bonds. The first-order valence-corrected chi connectivity index (χ1v) is 6.63. The van der Waals surface area contributed by atoms with Gasteiger partial charge in [-0.1, -0.05) is 28.1 Å². The lowest BCUT2D eigenvalue weighted by molar-refractivity contribution is 0.629. The molecule has 0 saturated carbocycles. The van der Waals surface area contributed by atoms with Gasteiger partial charge in [-0.05, 0) is 30.5 Å². The number of nitrogens with two attached hydrogens (primary N) is 1. The van der Waals surface area contributed by atoms with E-state index in [0.29, 0.717) is 6.42 Å². The third-order valence-electron chi connectivity index (χ3n) is 3.09. The van der Waals surface area contributed by atoms with E-state index in [0.717, 1.165) is 15.9 Å². The lowest BCUT2D eigenvalue weighted by Gasteiger charge is -2.14. The lowest BCUT2D eigenvalue weighted by atomic mass is 9.99. The van der Waals surface area contributed by atoms with Crippen molar-refractivity contribution in [1.82, 2.24) is 14.8 Å². The number of aromatic nitrogens is 3. The lowest BCUT2D eigenvalue weighted by Crippen LogP contribution is -2.16. The second-order valence-corrected chi connectivity index (χ2v) is 5.37. The Labute approximate surface area is 115 Å². The maximum Gasteiger partial charge on any atom is 0.138 e. The molecule has 2 aromatic rings. The van der Waals surface area contributed by atoms with Gasteiger partial charge in [0, 0.05) is 24.0 Å². The fraction of sp³-hybridized carbons (Fsp3) is 0.385. The first-order chi connectivity index (χ1) is 8.49. The van der Waals surface area contributed by atoms with E-state index in [4.69, 9.17) is 5.73 Å². The highest BCUT2D eigenvalue weighted by atomic mass is 79.9. The molecule has 0 spiro atoms. The minimum Gasteiger partial charge on any atom is -0.324 e. The molecular weight excluding hydrogens is 292 g/mol. The van der Waals surface area contributed by atoms with E-state index in [1.165, 1.54) is 11.1 Å². The predicted molar refractivity (Wildman–Crippen MR) is 75.3 cm³/mol. The molecule has 1 unspecified atom stereocenters. The van der Waals surface area contributed by atoms with E-state index in [1.807, 2.05) is 7.05 Å². The largest absolute Gasteiger partial charge is 0.324 e. The summed E-state index contributed by atoms with van der Waals surface area (Å²) >= 11 is 3.57. The van der Waals surface area contributed by atoms with Crippen LogP contribution in [0.15, 0.2) is 22.9 Å². The molecule has 1 atom stereocenters. The highest BCUT2D eigenvalue weighted by Crippen LogP contribution is 2.25. The van der Waals surface area contributed by atoms with E-state index in [2.05, 4.69) is 52.0 Å². The number of rotatable bonds is 3. The molecule has 18 heavy (non-hydrogen) atoms. The van der Waals surface area contributed by atoms with Crippen LogP contribution in [0.5, 0.6) is 0 Å².